The van der Waals surface area contributed by atoms with Crippen LogP contribution in [0, 0.1) is 0 Å². The van der Waals surface area contributed by atoms with E-state index in [0.29, 0.717) is 19.3 Å². The van der Waals surface area contributed by atoms with Gasteiger partial charge in [0.2, 0.25) is 0 Å². The molecule has 5 heteroatoms. The number of nitrogens with zero attached hydrogens (tertiary/aromatic N) is 2. The average molecular weight is 350 g/mol. The third-order valence-electron chi connectivity index (χ3n) is 6.96. The lowest BCUT2D eigenvalue weighted by Crippen LogP contribution is -2.48. The summed E-state index contributed by atoms with van der Waals surface area (Å²) in [5.41, 5.74) is 2.39. The second-order valence-electron chi connectivity index (χ2n) is 8.51. The van der Waals surface area contributed by atoms with Crippen LogP contribution in [0.15, 0.2) is 24.1 Å². The van der Waals surface area contributed by atoms with Crippen molar-refractivity contribution >= 4 is 0 Å². The fraction of sp³-hybridized carbons (Fsp3) is 0.800. The first-order chi connectivity index (χ1) is 12.1. The maximum Gasteiger partial charge on any atom is 0.0872 e. The van der Waals surface area contributed by atoms with Crippen molar-refractivity contribution in [2.75, 3.05) is 46.6 Å². The molecule has 0 bridgehead atoms. The molecule has 1 unspecified atom stereocenters. The van der Waals surface area contributed by atoms with Crippen LogP contribution in [0.2, 0.25) is 0 Å². The van der Waals surface area contributed by atoms with Crippen molar-refractivity contribution in [2.45, 2.75) is 55.6 Å². The summed E-state index contributed by atoms with van der Waals surface area (Å²) < 4.78 is 24.8. The van der Waals surface area contributed by atoms with E-state index in [1.165, 1.54) is 24.8 Å². The number of ether oxygens (including phenoxy) is 2. The Labute approximate surface area is 150 Å². The monoisotopic (exact) mass is 350 g/mol. The van der Waals surface area contributed by atoms with Crippen LogP contribution in [0.25, 0.3) is 0 Å². The summed E-state index contributed by atoms with van der Waals surface area (Å²) in [7, 11) is 1.79. The molecule has 4 aliphatic rings. The molecule has 0 aliphatic carbocycles. The molecule has 0 N–H and O–H groups in total. The topological polar surface area (TPSA) is 24.9 Å². The zero-order valence-corrected chi connectivity index (χ0v) is 15.4. The molecule has 0 aromatic rings. The molecule has 140 valence electrons. The normalized spacial score (nSPS) is 40.3. The van der Waals surface area contributed by atoms with Crippen LogP contribution in [-0.2, 0) is 9.47 Å². The van der Waals surface area contributed by atoms with Crippen molar-refractivity contribution in [1.82, 2.24) is 9.80 Å². The highest BCUT2D eigenvalue weighted by molar-refractivity contribution is 5.24. The molecule has 4 aliphatic heterocycles. The molecular formula is C20H31FN2O2. The van der Waals surface area contributed by atoms with Crippen molar-refractivity contribution in [1.29, 1.82) is 0 Å². The Bertz CT molecular complexity index is 566. The van der Waals surface area contributed by atoms with Gasteiger partial charge < -0.3 is 9.47 Å². The Morgan fingerprint density at radius 2 is 2.00 bits per heavy atom. The Morgan fingerprint density at radius 1 is 1.20 bits per heavy atom. The highest BCUT2D eigenvalue weighted by Crippen LogP contribution is 2.45. The summed E-state index contributed by atoms with van der Waals surface area (Å²) in [4.78, 5) is 5.00. The smallest absolute Gasteiger partial charge is 0.0872 e. The predicted octanol–water partition coefficient (Wildman–Crippen LogP) is 2.90. The maximum atomic E-state index is 13.0. The van der Waals surface area contributed by atoms with Gasteiger partial charge in [-0.1, -0.05) is 12.2 Å². The molecule has 4 fully saturated rings. The van der Waals surface area contributed by atoms with Crippen molar-refractivity contribution in [3.05, 3.63) is 24.1 Å². The Morgan fingerprint density at radius 3 is 2.80 bits per heavy atom. The molecule has 3 atom stereocenters. The Balaban J connectivity index is 1.38. The lowest BCUT2D eigenvalue weighted by Gasteiger charge is -2.35. The van der Waals surface area contributed by atoms with E-state index >= 15 is 0 Å². The second-order valence-corrected chi connectivity index (χ2v) is 8.51. The molecule has 4 heterocycles. The Kier molecular flexibility index (Phi) is 4.78. The molecule has 0 aromatic carbocycles. The Hall–Kier alpha value is -0.750. The minimum atomic E-state index is 0.0342. The first-order valence-corrected chi connectivity index (χ1v) is 9.67. The van der Waals surface area contributed by atoms with E-state index in [2.05, 4.69) is 16.4 Å². The quantitative estimate of drug-likeness (QED) is 0.688. The minimum absolute atomic E-state index is 0.0342. The number of methoxy groups -OCH3 is 1. The first kappa shape index (κ1) is 17.7. The number of fused-ring (bicyclic) bond motifs is 2. The zero-order valence-electron chi connectivity index (χ0n) is 15.4. The highest BCUT2D eigenvalue weighted by atomic mass is 19.1. The second kappa shape index (κ2) is 6.76. The first-order valence-electron chi connectivity index (χ1n) is 9.67. The summed E-state index contributed by atoms with van der Waals surface area (Å²) >= 11 is 0. The lowest BCUT2D eigenvalue weighted by molar-refractivity contribution is -0.00477. The summed E-state index contributed by atoms with van der Waals surface area (Å²) in [6.45, 7) is 9.49. The largest absolute Gasteiger partial charge is 0.383 e. The van der Waals surface area contributed by atoms with Gasteiger partial charge in [0, 0.05) is 24.7 Å². The molecule has 0 aromatic heterocycles. The van der Waals surface area contributed by atoms with E-state index in [1.807, 2.05) is 0 Å². The van der Waals surface area contributed by atoms with Crippen molar-refractivity contribution < 1.29 is 13.9 Å². The van der Waals surface area contributed by atoms with Gasteiger partial charge in [-0.3, -0.25) is 9.80 Å². The number of hydrogen-bond acceptors (Lipinski definition) is 4. The van der Waals surface area contributed by atoms with Crippen LogP contribution in [0.3, 0.4) is 0 Å². The van der Waals surface area contributed by atoms with Crippen LogP contribution >= 0.6 is 0 Å². The highest BCUT2D eigenvalue weighted by Gasteiger charge is 2.51. The molecule has 4 saturated heterocycles. The molecule has 0 radical (unpaired) electrons. The number of hydrogen-bond donors (Lipinski definition) is 0. The van der Waals surface area contributed by atoms with Gasteiger partial charge in [0.05, 0.1) is 32.2 Å². The van der Waals surface area contributed by atoms with Crippen molar-refractivity contribution in [3.8, 4) is 0 Å². The summed E-state index contributed by atoms with van der Waals surface area (Å²) in [6, 6.07) is 0.307. The third-order valence-corrected chi connectivity index (χ3v) is 6.96. The van der Waals surface area contributed by atoms with E-state index in [0.717, 1.165) is 57.4 Å². The molecule has 25 heavy (non-hydrogen) atoms. The fourth-order valence-electron chi connectivity index (χ4n) is 5.89. The van der Waals surface area contributed by atoms with Gasteiger partial charge in [-0.15, -0.1) is 0 Å². The standard InChI is InChI=1S/C20H31FN2O2/c1-16-9-20(14-24-2)6-4-8-23(20)18(16)13-25-15-19-5-3-7-22(19)12-17(10-19)11-21/h11,18H,1,3-10,12-15H2,2H3/b17-11-/t18?,19-,20-/m0/s1. The van der Waals surface area contributed by atoms with E-state index in [4.69, 9.17) is 9.47 Å². The van der Waals surface area contributed by atoms with Gasteiger partial charge in [0.1, 0.15) is 0 Å². The van der Waals surface area contributed by atoms with E-state index < -0.39 is 0 Å². The predicted molar refractivity (Wildman–Crippen MR) is 96.3 cm³/mol. The third kappa shape index (κ3) is 2.89. The number of halogens is 1. The van der Waals surface area contributed by atoms with Crippen LogP contribution in [-0.4, -0.2) is 73.5 Å². The molecule has 4 nitrogen and oxygen atoms in total. The molecule has 0 amide bonds. The van der Waals surface area contributed by atoms with Crippen LogP contribution in [0.4, 0.5) is 4.39 Å². The molecule has 0 saturated carbocycles. The van der Waals surface area contributed by atoms with E-state index in [-0.39, 0.29) is 11.1 Å². The molecule has 4 rings (SSSR count). The fourth-order valence-corrected chi connectivity index (χ4v) is 5.89. The van der Waals surface area contributed by atoms with Gasteiger partial charge in [0.15, 0.2) is 0 Å². The van der Waals surface area contributed by atoms with Crippen molar-refractivity contribution in [2.24, 2.45) is 0 Å². The molecular weight excluding hydrogens is 319 g/mol. The van der Waals surface area contributed by atoms with E-state index in [1.54, 1.807) is 7.11 Å². The maximum absolute atomic E-state index is 13.0. The summed E-state index contributed by atoms with van der Waals surface area (Å²) in [6.07, 6.45) is 7.40. The van der Waals surface area contributed by atoms with Gasteiger partial charge in [-0.25, -0.2) is 4.39 Å². The zero-order chi connectivity index (χ0) is 17.5. The van der Waals surface area contributed by atoms with Crippen molar-refractivity contribution in [3.63, 3.8) is 0 Å². The van der Waals surface area contributed by atoms with Crippen LogP contribution in [0.1, 0.15) is 38.5 Å². The minimum Gasteiger partial charge on any atom is -0.383 e. The van der Waals surface area contributed by atoms with Crippen LogP contribution < -0.4 is 0 Å². The SMILES string of the molecule is C=C1C[C@]2(COC)CCCN2C1COC[C@@]12CCCN1C/C(=C\F)C2. The van der Waals surface area contributed by atoms with E-state index in [9.17, 15) is 4.39 Å². The van der Waals surface area contributed by atoms with Crippen LogP contribution in [0.5, 0.6) is 0 Å². The van der Waals surface area contributed by atoms with Gasteiger partial charge in [-0.2, -0.15) is 0 Å². The summed E-state index contributed by atoms with van der Waals surface area (Å²) in [5.74, 6) is 0. The van der Waals surface area contributed by atoms with Gasteiger partial charge >= 0.3 is 0 Å². The lowest BCUT2D eigenvalue weighted by atomic mass is 9.93. The number of rotatable bonds is 6. The van der Waals surface area contributed by atoms with Gasteiger partial charge in [0.25, 0.3) is 0 Å². The average Bonchev–Trinajstić information content (AvgIpc) is 3.28. The molecule has 0 spiro atoms. The van der Waals surface area contributed by atoms with Gasteiger partial charge in [-0.05, 0) is 57.2 Å². The summed E-state index contributed by atoms with van der Waals surface area (Å²) in [5, 5.41) is 0.